The van der Waals surface area contributed by atoms with E-state index in [9.17, 15) is 4.79 Å². The molecule has 0 radical (unpaired) electrons. The number of nitrogens with one attached hydrogen (secondary N) is 1. The summed E-state index contributed by atoms with van der Waals surface area (Å²) in [6.45, 7) is 0. The summed E-state index contributed by atoms with van der Waals surface area (Å²) < 4.78 is 0. The van der Waals surface area contributed by atoms with Gasteiger partial charge in [-0.1, -0.05) is 6.07 Å². The molecule has 1 amide bonds. The second kappa shape index (κ2) is 5.13. The van der Waals surface area contributed by atoms with E-state index in [0.29, 0.717) is 22.6 Å². The molecule has 0 atom stereocenters. The number of nitrogen functional groups attached to an aromatic ring is 2. The van der Waals surface area contributed by atoms with Gasteiger partial charge < -0.3 is 16.8 Å². The van der Waals surface area contributed by atoms with Crippen LogP contribution in [0.1, 0.15) is 10.4 Å². The molecule has 0 spiro atoms. The van der Waals surface area contributed by atoms with Crippen LogP contribution >= 0.6 is 0 Å². The second-order valence-electron chi connectivity index (χ2n) is 4.68. The number of carbonyl (C=O) groups is 1. The van der Waals surface area contributed by atoms with Gasteiger partial charge in [-0.2, -0.15) is 0 Å². The molecule has 0 saturated carbocycles. The highest BCUT2D eigenvalue weighted by Crippen LogP contribution is 2.23. The van der Waals surface area contributed by atoms with E-state index in [1.54, 1.807) is 24.4 Å². The fraction of sp³-hybridized carbons (Fsp3) is 0. The predicted molar refractivity (Wildman–Crippen MR) is 85.0 cm³/mol. The highest BCUT2D eigenvalue weighted by atomic mass is 16.1. The molecular weight excluding hydrogens is 264 g/mol. The van der Waals surface area contributed by atoms with E-state index < -0.39 is 0 Å². The summed E-state index contributed by atoms with van der Waals surface area (Å²) in [6, 6.07) is 14.1. The Hall–Kier alpha value is -3.08. The third kappa shape index (κ3) is 2.49. The van der Waals surface area contributed by atoms with E-state index in [1.807, 2.05) is 30.3 Å². The molecule has 3 aromatic rings. The number of pyridine rings is 1. The molecule has 2 aromatic carbocycles. The average Bonchev–Trinajstić information content (AvgIpc) is 2.47. The maximum Gasteiger partial charge on any atom is 0.257 e. The molecule has 0 fully saturated rings. The van der Waals surface area contributed by atoms with Gasteiger partial charge in [-0.15, -0.1) is 0 Å². The van der Waals surface area contributed by atoms with E-state index in [0.717, 1.165) is 10.9 Å². The van der Waals surface area contributed by atoms with Gasteiger partial charge in [0.2, 0.25) is 0 Å². The zero-order chi connectivity index (χ0) is 14.8. The summed E-state index contributed by atoms with van der Waals surface area (Å²) >= 11 is 0. The molecule has 3 rings (SSSR count). The largest absolute Gasteiger partial charge is 0.399 e. The predicted octanol–water partition coefficient (Wildman–Crippen LogP) is 2.65. The Labute approximate surface area is 121 Å². The molecule has 0 unspecified atom stereocenters. The second-order valence-corrected chi connectivity index (χ2v) is 4.68. The van der Waals surface area contributed by atoms with Crippen molar-refractivity contribution in [2.24, 2.45) is 0 Å². The van der Waals surface area contributed by atoms with Crippen molar-refractivity contribution >= 4 is 33.9 Å². The Morgan fingerprint density at radius 1 is 1.05 bits per heavy atom. The number of anilines is 3. The van der Waals surface area contributed by atoms with Gasteiger partial charge >= 0.3 is 0 Å². The molecule has 5 N–H and O–H groups in total. The lowest BCUT2D eigenvalue weighted by Crippen LogP contribution is -2.14. The number of carbonyl (C=O) groups excluding carboxylic acids is 1. The Balaban J connectivity index is 1.97. The summed E-state index contributed by atoms with van der Waals surface area (Å²) in [5, 5.41) is 3.74. The molecule has 0 aliphatic heterocycles. The smallest absolute Gasteiger partial charge is 0.257 e. The van der Waals surface area contributed by atoms with Crippen molar-refractivity contribution in [1.82, 2.24) is 4.98 Å². The lowest BCUT2D eigenvalue weighted by atomic mass is 10.1. The van der Waals surface area contributed by atoms with Crippen LogP contribution in [0, 0.1) is 0 Å². The number of benzene rings is 2. The lowest BCUT2D eigenvalue weighted by molar-refractivity contribution is 0.102. The maximum absolute atomic E-state index is 12.3. The van der Waals surface area contributed by atoms with Crippen LogP contribution in [0.15, 0.2) is 54.7 Å². The van der Waals surface area contributed by atoms with Crippen molar-refractivity contribution in [2.45, 2.75) is 0 Å². The first-order valence-corrected chi connectivity index (χ1v) is 6.45. The fourth-order valence-electron chi connectivity index (χ4n) is 2.19. The average molecular weight is 278 g/mol. The topological polar surface area (TPSA) is 94.0 Å². The van der Waals surface area contributed by atoms with Gasteiger partial charge in [0.05, 0.1) is 16.8 Å². The van der Waals surface area contributed by atoms with Crippen LogP contribution in [-0.2, 0) is 0 Å². The van der Waals surface area contributed by atoms with Crippen LogP contribution in [-0.4, -0.2) is 10.9 Å². The van der Waals surface area contributed by atoms with Crippen molar-refractivity contribution < 1.29 is 4.79 Å². The van der Waals surface area contributed by atoms with E-state index >= 15 is 0 Å². The lowest BCUT2D eigenvalue weighted by Gasteiger charge is -2.10. The van der Waals surface area contributed by atoms with Crippen molar-refractivity contribution in [3.8, 4) is 0 Å². The van der Waals surface area contributed by atoms with Gasteiger partial charge in [0.1, 0.15) is 0 Å². The third-order valence-corrected chi connectivity index (χ3v) is 3.21. The van der Waals surface area contributed by atoms with Gasteiger partial charge in [-0.25, -0.2) is 0 Å². The van der Waals surface area contributed by atoms with Gasteiger partial charge in [0.15, 0.2) is 0 Å². The third-order valence-electron chi connectivity index (χ3n) is 3.21. The molecular formula is C16H14N4O. The van der Waals surface area contributed by atoms with Crippen LogP contribution < -0.4 is 16.8 Å². The summed E-state index contributed by atoms with van der Waals surface area (Å²) in [5.74, 6) is -0.274. The van der Waals surface area contributed by atoms with Crippen LogP contribution in [0.4, 0.5) is 17.1 Å². The number of rotatable bonds is 2. The van der Waals surface area contributed by atoms with E-state index in [-0.39, 0.29) is 5.91 Å². The summed E-state index contributed by atoms with van der Waals surface area (Å²) in [5.41, 5.74) is 14.3. The van der Waals surface area contributed by atoms with Gasteiger partial charge in [-0.3, -0.25) is 9.78 Å². The molecule has 5 heteroatoms. The Bertz CT molecular complexity index is 824. The SMILES string of the molecule is Nc1ccc(C(=O)Nc2cccc3ncccc23)c(N)c1. The van der Waals surface area contributed by atoms with E-state index in [1.165, 1.54) is 0 Å². The number of nitrogens with two attached hydrogens (primary N) is 2. The summed E-state index contributed by atoms with van der Waals surface area (Å²) in [7, 11) is 0. The summed E-state index contributed by atoms with van der Waals surface area (Å²) in [4.78, 5) is 16.6. The molecule has 104 valence electrons. The van der Waals surface area contributed by atoms with Crippen molar-refractivity contribution in [2.75, 3.05) is 16.8 Å². The number of aromatic nitrogens is 1. The first-order valence-electron chi connectivity index (χ1n) is 6.45. The van der Waals surface area contributed by atoms with Gasteiger partial charge in [0, 0.05) is 23.0 Å². The van der Waals surface area contributed by atoms with Crippen LogP contribution in [0.3, 0.4) is 0 Å². The number of nitrogens with zero attached hydrogens (tertiary/aromatic N) is 1. The molecule has 21 heavy (non-hydrogen) atoms. The van der Waals surface area contributed by atoms with E-state index in [2.05, 4.69) is 10.3 Å². The van der Waals surface area contributed by atoms with E-state index in [4.69, 9.17) is 11.5 Å². The summed E-state index contributed by atoms with van der Waals surface area (Å²) in [6.07, 6.45) is 1.71. The molecule has 0 saturated heterocycles. The molecule has 5 nitrogen and oxygen atoms in total. The Morgan fingerprint density at radius 3 is 2.71 bits per heavy atom. The standard InChI is InChI=1S/C16H14N4O/c17-10-6-7-11(13(18)9-10)16(21)20-15-5-1-4-14-12(15)3-2-8-19-14/h1-9H,17-18H2,(H,20,21). The first kappa shape index (κ1) is 12.9. The van der Waals surface area contributed by atoms with Crippen molar-refractivity contribution in [3.05, 3.63) is 60.3 Å². The van der Waals surface area contributed by atoms with Gasteiger partial charge in [0.25, 0.3) is 5.91 Å². The number of fused-ring (bicyclic) bond motifs is 1. The zero-order valence-electron chi connectivity index (χ0n) is 11.2. The highest BCUT2D eigenvalue weighted by molar-refractivity contribution is 6.11. The van der Waals surface area contributed by atoms with Crippen LogP contribution in [0.25, 0.3) is 10.9 Å². The van der Waals surface area contributed by atoms with Crippen LogP contribution in [0.5, 0.6) is 0 Å². The normalized spacial score (nSPS) is 10.5. The number of amides is 1. The Morgan fingerprint density at radius 2 is 1.90 bits per heavy atom. The molecule has 1 aromatic heterocycles. The minimum Gasteiger partial charge on any atom is -0.399 e. The zero-order valence-corrected chi connectivity index (χ0v) is 11.2. The fourth-order valence-corrected chi connectivity index (χ4v) is 2.19. The van der Waals surface area contributed by atoms with Crippen LogP contribution in [0.2, 0.25) is 0 Å². The van der Waals surface area contributed by atoms with Crippen molar-refractivity contribution in [3.63, 3.8) is 0 Å². The quantitative estimate of drug-likeness (QED) is 0.628. The molecule has 1 heterocycles. The van der Waals surface area contributed by atoms with Gasteiger partial charge in [-0.05, 0) is 42.5 Å². The molecule has 0 bridgehead atoms. The minimum atomic E-state index is -0.274. The Kier molecular flexibility index (Phi) is 3.16. The number of hydrogen-bond acceptors (Lipinski definition) is 4. The monoisotopic (exact) mass is 278 g/mol. The minimum absolute atomic E-state index is 0.274. The molecule has 0 aliphatic carbocycles. The van der Waals surface area contributed by atoms with Crippen molar-refractivity contribution in [1.29, 1.82) is 0 Å². The molecule has 0 aliphatic rings. The highest BCUT2D eigenvalue weighted by Gasteiger charge is 2.11. The maximum atomic E-state index is 12.3. The number of hydrogen-bond donors (Lipinski definition) is 3. The first-order chi connectivity index (χ1) is 10.1.